The van der Waals surface area contributed by atoms with Gasteiger partial charge in [0.2, 0.25) is 0 Å². The van der Waals surface area contributed by atoms with Gasteiger partial charge in [0.25, 0.3) is 0 Å². The second-order valence-electron chi connectivity index (χ2n) is 4.64. The van der Waals surface area contributed by atoms with Gasteiger partial charge in [0.15, 0.2) is 0 Å². The van der Waals surface area contributed by atoms with Gasteiger partial charge in [-0.3, -0.25) is 0 Å². The maximum absolute atomic E-state index is 5.88. The van der Waals surface area contributed by atoms with Crippen LogP contribution in [0.3, 0.4) is 0 Å². The minimum Gasteiger partial charge on any atom is -0.306 e. The van der Waals surface area contributed by atoms with Crippen LogP contribution in [0.25, 0.3) is 0 Å². The van der Waals surface area contributed by atoms with Crippen molar-refractivity contribution in [2.45, 2.75) is 26.4 Å². The van der Waals surface area contributed by atoms with Gasteiger partial charge in [0, 0.05) is 17.6 Å². The van der Waals surface area contributed by atoms with Crippen LogP contribution < -0.4 is 5.32 Å². The Morgan fingerprint density at radius 3 is 2.22 bits per heavy atom. The molecule has 1 unspecified atom stereocenters. The van der Waals surface area contributed by atoms with Crippen LogP contribution >= 0.6 is 11.6 Å². The lowest BCUT2D eigenvalue weighted by atomic mass is 10.1. The molecule has 2 aromatic carbocycles. The molecule has 0 bridgehead atoms. The minimum atomic E-state index is 0.323. The topological polar surface area (TPSA) is 12.0 Å². The van der Waals surface area contributed by atoms with Gasteiger partial charge in [0.1, 0.15) is 0 Å². The summed E-state index contributed by atoms with van der Waals surface area (Å²) in [6.07, 6.45) is 0. The normalized spacial score (nSPS) is 12.4. The Kier molecular flexibility index (Phi) is 4.40. The minimum absolute atomic E-state index is 0.323. The average molecular weight is 260 g/mol. The van der Waals surface area contributed by atoms with Crippen LogP contribution in [-0.4, -0.2) is 0 Å². The van der Waals surface area contributed by atoms with Crippen molar-refractivity contribution in [2.24, 2.45) is 0 Å². The largest absolute Gasteiger partial charge is 0.306 e. The summed E-state index contributed by atoms with van der Waals surface area (Å²) in [6.45, 7) is 5.15. The van der Waals surface area contributed by atoms with Crippen LogP contribution in [0, 0.1) is 6.92 Å². The highest BCUT2D eigenvalue weighted by Crippen LogP contribution is 2.16. The lowest BCUT2D eigenvalue weighted by molar-refractivity contribution is 0.574. The molecule has 1 nitrogen and oxygen atoms in total. The van der Waals surface area contributed by atoms with Crippen LogP contribution in [-0.2, 0) is 6.54 Å². The van der Waals surface area contributed by atoms with E-state index >= 15 is 0 Å². The first kappa shape index (κ1) is 13.1. The third-order valence-electron chi connectivity index (χ3n) is 3.10. The van der Waals surface area contributed by atoms with E-state index in [-0.39, 0.29) is 0 Å². The number of benzene rings is 2. The van der Waals surface area contributed by atoms with Gasteiger partial charge >= 0.3 is 0 Å². The van der Waals surface area contributed by atoms with Crippen LogP contribution in [0.2, 0.25) is 5.02 Å². The Morgan fingerprint density at radius 2 is 1.61 bits per heavy atom. The summed E-state index contributed by atoms with van der Waals surface area (Å²) in [4.78, 5) is 0. The molecule has 0 aromatic heterocycles. The van der Waals surface area contributed by atoms with Crippen molar-refractivity contribution in [1.82, 2.24) is 5.32 Å². The van der Waals surface area contributed by atoms with E-state index in [1.807, 2.05) is 12.1 Å². The summed E-state index contributed by atoms with van der Waals surface area (Å²) in [5.74, 6) is 0. The van der Waals surface area contributed by atoms with Crippen molar-refractivity contribution >= 4 is 11.6 Å². The van der Waals surface area contributed by atoms with Crippen molar-refractivity contribution in [1.29, 1.82) is 0 Å². The van der Waals surface area contributed by atoms with Crippen LogP contribution in [0.4, 0.5) is 0 Å². The van der Waals surface area contributed by atoms with E-state index in [4.69, 9.17) is 11.6 Å². The highest BCUT2D eigenvalue weighted by Gasteiger charge is 2.04. The highest BCUT2D eigenvalue weighted by molar-refractivity contribution is 6.30. The van der Waals surface area contributed by atoms with Crippen molar-refractivity contribution < 1.29 is 0 Å². The molecule has 94 valence electrons. The van der Waals surface area contributed by atoms with Gasteiger partial charge in [-0.2, -0.15) is 0 Å². The SMILES string of the molecule is Cc1ccc(CNC(C)c2ccc(Cl)cc2)cc1. The molecule has 1 N–H and O–H groups in total. The number of hydrogen-bond donors (Lipinski definition) is 1. The third kappa shape index (κ3) is 3.59. The average Bonchev–Trinajstić information content (AvgIpc) is 2.38. The molecular weight excluding hydrogens is 242 g/mol. The first-order chi connectivity index (χ1) is 8.65. The van der Waals surface area contributed by atoms with Crippen molar-refractivity contribution in [3.05, 3.63) is 70.2 Å². The fraction of sp³-hybridized carbons (Fsp3) is 0.250. The monoisotopic (exact) mass is 259 g/mol. The molecule has 0 saturated heterocycles. The zero-order valence-electron chi connectivity index (χ0n) is 10.8. The molecule has 2 heteroatoms. The summed E-state index contributed by atoms with van der Waals surface area (Å²) in [5, 5.41) is 4.29. The molecule has 2 aromatic rings. The van der Waals surface area contributed by atoms with Gasteiger partial charge in [-0.05, 0) is 37.1 Å². The number of rotatable bonds is 4. The number of halogens is 1. The molecule has 0 heterocycles. The van der Waals surface area contributed by atoms with E-state index in [9.17, 15) is 0 Å². The number of nitrogens with one attached hydrogen (secondary N) is 1. The maximum atomic E-state index is 5.88. The van der Waals surface area contributed by atoms with Gasteiger partial charge in [-0.25, -0.2) is 0 Å². The van der Waals surface area contributed by atoms with E-state index < -0.39 is 0 Å². The van der Waals surface area contributed by atoms with Crippen molar-refractivity contribution in [2.75, 3.05) is 0 Å². The standard InChI is InChI=1S/C16H18ClN/c1-12-3-5-14(6-4-12)11-18-13(2)15-7-9-16(17)10-8-15/h3-10,13,18H,11H2,1-2H3. The Morgan fingerprint density at radius 1 is 1.00 bits per heavy atom. The third-order valence-corrected chi connectivity index (χ3v) is 3.35. The first-order valence-corrected chi connectivity index (χ1v) is 6.57. The molecule has 0 saturated carbocycles. The zero-order valence-corrected chi connectivity index (χ0v) is 11.5. The van der Waals surface area contributed by atoms with E-state index in [2.05, 4.69) is 55.6 Å². The van der Waals surface area contributed by atoms with Gasteiger partial charge < -0.3 is 5.32 Å². The molecule has 18 heavy (non-hydrogen) atoms. The second-order valence-corrected chi connectivity index (χ2v) is 5.08. The van der Waals surface area contributed by atoms with E-state index in [0.717, 1.165) is 11.6 Å². The Labute approximate surface area is 114 Å². The number of aryl methyl sites for hydroxylation is 1. The molecule has 0 fully saturated rings. The molecule has 1 atom stereocenters. The second kappa shape index (κ2) is 6.03. The first-order valence-electron chi connectivity index (χ1n) is 6.19. The Hall–Kier alpha value is -1.31. The lowest BCUT2D eigenvalue weighted by Crippen LogP contribution is -2.17. The quantitative estimate of drug-likeness (QED) is 0.853. The van der Waals surface area contributed by atoms with E-state index in [0.29, 0.717) is 6.04 Å². The van der Waals surface area contributed by atoms with Gasteiger partial charge in [0.05, 0.1) is 0 Å². The lowest BCUT2D eigenvalue weighted by Gasteiger charge is -2.14. The molecule has 0 radical (unpaired) electrons. The fourth-order valence-corrected chi connectivity index (χ4v) is 1.97. The van der Waals surface area contributed by atoms with Crippen LogP contribution in [0.5, 0.6) is 0 Å². The van der Waals surface area contributed by atoms with Crippen molar-refractivity contribution in [3.8, 4) is 0 Å². The molecular formula is C16H18ClN. The molecule has 0 aliphatic carbocycles. The van der Waals surface area contributed by atoms with Crippen LogP contribution in [0.1, 0.15) is 29.7 Å². The predicted octanol–water partition coefficient (Wildman–Crippen LogP) is 4.50. The fourth-order valence-electron chi connectivity index (χ4n) is 1.85. The molecule has 2 rings (SSSR count). The molecule has 0 spiro atoms. The Balaban J connectivity index is 1.93. The van der Waals surface area contributed by atoms with Gasteiger partial charge in [-0.15, -0.1) is 0 Å². The number of hydrogen-bond acceptors (Lipinski definition) is 1. The van der Waals surface area contributed by atoms with Gasteiger partial charge in [-0.1, -0.05) is 53.6 Å². The Bertz CT molecular complexity index is 488. The summed E-state index contributed by atoms with van der Waals surface area (Å²) in [7, 11) is 0. The van der Waals surface area contributed by atoms with E-state index in [1.165, 1.54) is 16.7 Å². The zero-order chi connectivity index (χ0) is 13.0. The molecule has 0 amide bonds. The highest BCUT2D eigenvalue weighted by atomic mass is 35.5. The van der Waals surface area contributed by atoms with E-state index in [1.54, 1.807) is 0 Å². The smallest absolute Gasteiger partial charge is 0.0406 e. The molecule has 0 aliphatic rings. The summed E-state index contributed by atoms with van der Waals surface area (Å²) >= 11 is 5.88. The van der Waals surface area contributed by atoms with Crippen LogP contribution in [0.15, 0.2) is 48.5 Å². The summed E-state index contributed by atoms with van der Waals surface area (Å²) in [6, 6.07) is 16.9. The van der Waals surface area contributed by atoms with Crippen molar-refractivity contribution in [3.63, 3.8) is 0 Å². The summed E-state index contributed by atoms with van der Waals surface area (Å²) < 4.78 is 0. The summed E-state index contributed by atoms with van der Waals surface area (Å²) in [5.41, 5.74) is 3.86. The molecule has 0 aliphatic heterocycles. The predicted molar refractivity (Wildman–Crippen MR) is 77.9 cm³/mol. The maximum Gasteiger partial charge on any atom is 0.0406 e.